The Balaban J connectivity index is 1.68. The van der Waals surface area contributed by atoms with Crippen LogP contribution in [0.25, 0.3) is 0 Å². The fraction of sp³-hybridized carbons (Fsp3) is 0.471. The molecule has 3 heteroatoms. The van der Waals surface area contributed by atoms with Gasteiger partial charge in [-0.15, -0.1) is 0 Å². The van der Waals surface area contributed by atoms with Gasteiger partial charge in [0.15, 0.2) is 0 Å². The fourth-order valence-electron chi connectivity index (χ4n) is 3.05. The molecule has 0 aliphatic heterocycles. The molecule has 0 bridgehead atoms. The van der Waals surface area contributed by atoms with Crippen molar-refractivity contribution in [1.82, 2.24) is 9.78 Å². The van der Waals surface area contributed by atoms with Crippen molar-refractivity contribution in [3.8, 4) is 0 Å². The average Bonchev–Trinajstić information content (AvgIpc) is 3.08. The molecular weight excluding hydrogens is 248 g/mol. The van der Waals surface area contributed by atoms with Crippen molar-refractivity contribution in [2.24, 2.45) is 0 Å². The number of aryl methyl sites for hydroxylation is 1. The van der Waals surface area contributed by atoms with E-state index >= 15 is 0 Å². The number of rotatable bonds is 4. The van der Waals surface area contributed by atoms with Gasteiger partial charge in [0.25, 0.3) is 0 Å². The third-order valence-corrected chi connectivity index (χ3v) is 4.19. The zero-order valence-corrected chi connectivity index (χ0v) is 12.0. The molecule has 1 aromatic heterocycles. The van der Waals surface area contributed by atoms with E-state index in [1.54, 1.807) is 0 Å². The molecule has 1 fully saturated rings. The van der Waals surface area contributed by atoms with E-state index in [9.17, 15) is 5.11 Å². The predicted molar refractivity (Wildman–Crippen MR) is 79.6 cm³/mol. The summed E-state index contributed by atoms with van der Waals surface area (Å²) in [6, 6.07) is 10.7. The van der Waals surface area contributed by atoms with Gasteiger partial charge in [-0.3, -0.25) is 4.68 Å². The lowest BCUT2D eigenvalue weighted by atomic mass is 10.0. The van der Waals surface area contributed by atoms with Crippen LogP contribution in [0.5, 0.6) is 0 Å². The zero-order valence-electron chi connectivity index (χ0n) is 12.0. The second kappa shape index (κ2) is 5.80. The van der Waals surface area contributed by atoms with Crippen molar-refractivity contribution in [3.05, 3.63) is 53.3 Å². The van der Waals surface area contributed by atoms with E-state index in [1.807, 2.05) is 37.3 Å². The lowest BCUT2D eigenvalue weighted by molar-refractivity contribution is 0.176. The first-order chi connectivity index (χ1) is 9.72. The number of aliphatic hydroxyl groups excluding tert-OH is 1. The van der Waals surface area contributed by atoms with Crippen LogP contribution in [0, 0.1) is 6.92 Å². The lowest BCUT2D eigenvalue weighted by Gasteiger charge is -2.11. The Morgan fingerprint density at radius 3 is 2.85 bits per heavy atom. The monoisotopic (exact) mass is 270 g/mol. The molecule has 1 heterocycles. The molecule has 1 atom stereocenters. The Labute approximate surface area is 120 Å². The van der Waals surface area contributed by atoms with Gasteiger partial charge < -0.3 is 5.11 Å². The van der Waals surface area contributed by atoms with Gasteiger partial charge in [-0.25, -0.2) is 0 Å². The molecule has 3 rings (SSSR count). The molecule has 1 aliphatic rings. The summed E-state index contributed by atoms with van der Waals surface area (Å²) in [5, 5.41) is 15.0. The molecule has 0 saturated heterocycles. The second-order valence-electron chi connectivity index (χ2n) is 5.86. The van der Waals surface area contributed by atoms with Gasteiger partial charge in [0.2, 0.25) is 0 Å². The smallest absolute Gasteiger partial charge is 0.0846 e. The summed E-state index contributed by atoms with van der Waals surface area (Å²) in [5.74, 6) is 0. The van der Waals surface area contributed by atoms with Crippen LogP contribution in [0.2, 0.25) is 0 Å². The zero-order chi connectivity index (χ0) is 13.9. The third kappa shape index (κ3) is 2.93. The SMILES string of the molecule is Cc1cccc(C(O)Cc2ccn(C3CCCC3)n2)c1. The van der Waals surface area contributed by atoms with Gasteiger partial charge >= 0.3 is 0 Å². The molecule has 1 aliphatic carbocycles. The van der Waals surface area contributed by atoms with E-state index in [1.165, 1.54) is 31.2 Å². The summed E-state index contributed by atoms with van der Waals surface area (Å²) in [6.07, 6.45) is 7.28. The molecule has 0 spiro atoms. The summed E-state index contributed by atoms with van der Waals surface area (Å²) in [4.78, 5) is 0. The van der Waals surface area contributed by atoms with Crippen molar-refractivity contribution in [2.45, 2.75) is 51.2 Å². The topological polar surface area (TPSA) is 38.0 Å². The number of hydrogen-bond donors (Lipinski definition) is 1. The van der Waals surface area contributed by atoms with Crippen LogP contribution in [0.3, 0.4) is 0 Å². The van der Waals surface area contributed by atoms with Crippen molar-refractivity contribution < 1.29 is 5.11 Å². The van der Waals surface area contributed by atoms with Gasteiger partial charge in [0, 0.05) is 12.6 Å². The fourth-order valence-corrected chi connectivity index (χ4v) is 3.05. The number of nitrogens with zero attached hydrogens (tertiary/aromatic N) is 2. The van der Waals surface area contributed by atoms with E-state index in [-0.39, 0.29) is 0 Å². The summed E-state index contributed by atoms with van der Waals surface area (Å²) >= 11 is 0. The third-order valence-electron chi connectivity index (χ3n) is 4.19. The number of aliphatic hydroxyl groups is 1. The van der Waals surface area contributed by atoms with Gasteiger partial charge in [-0.1, -0.05) is 42.7 Å². The highest BCUT2D eigenvalue weighted by Gasteiger charge is 2.18. The standard InChI is InChI=1S/C17H22N2O/c1-13-5-4-6-14(11-13)17(20)12-15-9-10-19(18-15)16-7-2-3-8-16/h4-6,9-11,16-17,20H,2-3,7-8,12H2,1H3. The quantitative estimate of drug-likeness (QED) is 0.922. The normalized spacial score (nSPS) is 17.5. The largest absolute Gasteiger partial charge is 0.388 e. The maximum Gasteiger partial charge on any atom is 0.0846 e. The van der Waals surface area contributed by atoms with E-state index in [0.29, 0.717) is 12.5 Å². The Morgan fingerprint density at radius 2 is 2.10 bits per heavy atom. The Kier molecular flexibility index (Phi) is 3.88. The lowest BCUT2D eigenvalue weighted by Crippen LogP contribution is -2.07. The number of benzene rings is 1. The molecule has 0 radical (unpaired) electrons. The van der Waals surface area contributed by atoms with Crippen LogP contribution in [-0.2, 0) is 6.42 Å². The molecule has 1 N–H and O–H groups in total. The number of hydrogen-bond acceptors (Lipinski definition) is 2. The minimum absolute atomic E-state index is 0.471. The minimum atomic E-state index is -0.471. The van der Waals surface area contributed by atoms with E-state index in [0.717, 1.165) is 11.3 Å². The molecule has 1 aromatic carbocycles. The molecule has 20 heavy (non-hydrogen) atoms. The van der Waals surface area contributed by atoms with Crippen LogP contribution in [-0.4, -0.2) is 14.9 Å². The molecule has 3 nitrogen and oxygen atoms in total. The molecule has 0 amide bonds. The molecular formula is C17H22N2O. The maximum atomic E-state index is 10.3. The molecule has 1 unspecified atom stereocenters. The van der Waals surface area contributed by atoms with Crippen LogP contribution in [0.1, 0.15) is 54.6 Å². The van der Waals surface area contributed by atoms with Gasteiger partial charge in [-0.05, 0) is 31.4 Å². The van der Waals surface area contributed by atoms with E-state index < -0.39 is 6.10 Å². The minimum Gasteiger partial charge on any atom is -0.388 e. The highest BCUT2D eigenvalue weighted by molar-refractivity contribution is 5.25. The van der Waals surface area contributed by atoms with Crippen molar-refractivity contribution >= 4 is 0 Å². The maximum absolute atomic E-state index is 10.3. The van der Waals surface area contributed by atoms with Crippen molar-refractivity contribution in [1.29, 1.82) is 0 Å². The summed E-state index contributed by atoms with van der Waals surface area (Å²) in [7, 11) is 0. The Morgan fingerprint density at radius 1 is 1.30 bits per heavy atom. The van der Waals surface area contributed by atoms with E-state index in [2.05, 4.69) is 16.0 Å². The van der Waals surface area contributed by atoms with Gasteiger partial charge in [0.05, 0.1) is 17.8 Å². The Bertz CT molecular complexity index is 570. The summed E-state index contributed by atoms with van der Waals surface area (Å²) < 4.78 is 2.09. The predicted octanol–water partition coefficient (Wildman–Crippen LogP) is 3.58. The van der Waals surface area contributed by atoms with Crippen LogP contribution >= 0.6 is 0 Å². The molecule has 2 aromatic rings. The first-order valence-corrected chi connectivity index (χ1v) is 7.51. The summed E-state index contributed by atoms with van der Waals surface area (Å²) in [5.41, 5.74) is 3.13. The summed E-state index contributed by atoms with van der Waals surface area (Å²) in [6.45, 7) is 2.05. The first-order valence-electron chi connectivity index (χ1n) is 7.51. The average molecular weight is 270 g/mol. The highest BCUT2D eigenvalue weighted by Crippen LogP contribution is 2.29. The van der Waals surface area contributed by atoms with Crippen LogP contribution in [0.4, 0.5) is 0 Å². The Hall–Kier alpha value is -1.61. The first kappa shape index (κ1) is 13.4. The van der Waals surface area contributed by atoms with Crippen LogP contribution in [0.15, 0.2) is 36.5 Å². The van der Waals surface area contributed by atoms with E-state index in [4.69, 9.17) is 0 Å². The van der Waals surface area contributed by atoms with Crippen molar-refractivity contribution in [3.63, 3.8) is 0 Å². The van der Waals surface area contributed by atoms with Crippen molar-refractivity contribution in [2.75, 3.05) is 0 Å². The number of aromatic nitrogens is 2. The van der Waals surface area contributed by atoms with Gasteiger partial charge in [-0.2, -0.15) is 5.10 Å². The highest BCUT2D eigenvalue weighted by atomic mass is 16.3. The van der Waals surface area contributed by atoms with Crippen LogP contribution < -0.4 is 0 Å². The van der Waals surface area contributed by atoms with Gasteiger partial charge in [0.1, 0.15) is 0 Å². The molecule has 106 valence electrons. The second-order valence-corrected chi connectivity index (χ2v) is 5.86. The molecule has 1 saturated carbocycles.